The average molecular weight is 408 g/mol. The number of ether oxygens (including phenoxy) is 4. The third-order valence-corrected chi connectivity index (χ3v) is 6.22. The molecule has 2 aromatic carbocycles. The fourth-order valence-corrected chi connectivity index (χ4v) is 4.43. The Kier molecular flexibility index (Phi) is 4.79. The summed E-state index contributed by atoms with van der Waals surface area (Å²) in [6.45, 7) is 0.926. The first-order chi connectivity index (χ1) is 13.4. The zero-order chi connectivity index (χ0) is 19.7. The van der Waals surface area contributed by atoms with Gasteiger partial charge in [-0.3, -0.25) is 10.1 Å². The van der Waals surface area contributed by atoms with Crippen molar-refractivity contribution in [2.45, 2.75) is 4.90 Å². The second-order valence-electron chi connectivity index (χ2n) is 6.02. The SMILES string of the molecule is O=[N+]([O-])c1ccc(Oc2ccc3c(c2)OCO3)c(S(=O)(=O)N2CCOCC2)c1. The molecule has 0 aliphatic carbocycles. The highest BCUT2D eigenvalue weighted by atomic mass is 32.2. The number of hydrogen-bond acceptors (Lipinski definition) is 8. The topological polar surface area (TPSA) is 117 Å². The van der Waals surface area contributed by atoms with Gasteiger partial charge in [0.2, 0.25) is 16.8 Å². The van der Waals surface area contributed by atoms with E-state index in [-0.39, 0.29) is 49.4 Å². The summed E-state index contributed by atoms with van der Waals surface area (Å²) in [4.78, 5) is 10.2. The van der Waals surface area contributed by atoms with Crippen LogP contribution >= 0.6 is 0 Å². The van der Waals surface area contributed by atoms with Crippen LogP contribution < -0.4 is 14.2 Å². The van der Waals surface area contributed by atoms with Crippen LogP contribution in [0.3, 0.4) is 0 Å². The van der Waals surface area contributed by atoms with E-state index in [1.54, 1.807) is 18.2 Å². The molecular weight excluding hydrogens is 392 g/mol. The fraction of sp³-hybridized carbons (Fsp3) is 0.294. The molecule has 1 saturated heterocycles. The van der Waals surface area contributed by atoms with Crippen molar-refractivity contribution in [3.8, 4) is 23.0 Å². The molecule has 28 heavy (non-hydrogen) atoms. The molecule has 11 heteroatoms. The van der Waals surface area contributed by atoms with Crippen LogP contribution in [0.15, 0.2) is 41.3 Å². The summed E-state index contributed by atoms with van der Waals surface area (Å²) in [7, 11) is -4.01. The number of morpholine rings is 1. The third-order valence-electron chi connectivity index (χ3n) is 4.30. The van der Waals surface area contributed by atoms with Gasteiger partial charge >= 0.3 is 0 Å². The van der Waals surface area contributed by atoms with Crippen molar-refractivity contribution in [2.75, 3.05) is 33.1 Å². The summed E-state index contributed by atoms with van der Waals surface area (Å²) in [5.41, 5.74) is -0.343. The van der Waals surface area contributed by atoms with Gasteiger partial charge in [-0.2, -0.15) is 4.31 Å². The standard InChI is InChI=1S/C17H16N2O8S/c20-19(21)12-1-3-15(27-13-2-4-14-16(10-13)26-11-25-14)17(9-12)28(22,23)18-5-7-24-8-6-18/h1-4,9-10H,5-8,11H2. The van der Waals surface area contributed by atoms with Crippen molar-refractivity contribution in [2.24, 2.45) is 0 Å². The molecule has 10 nitrogen and oxygen atoms in total. The second kappa shape index (κ2) is 7.26. The summed E-state index contributed by atoms with van der Waals surface area (Å²) in [5.74, 6) is 1.32. The van der Waals surface area contributed by atoms with Crippen LogP contribution in [-0.4, -0.2) is 50.7 Å². The number of nitrogens with zero attached hydrogens (tertiary/aromatic N) is 2. The highest BCUT2D eigenvalue weighted by molar-refractivity contribution is 7.89. The number of rotatable bonds is 5. The highest BCUT2D eigenvalue weighted by Gasteiger charge is 2.31. The zero-order valence-corrected chi connectivity index (χ0v) is 15.4. The lowest BCUT2D eigenvalue weighted by Crippen LogP contribution is -2.40. The van der Waals surface area contributed by atoms with Gasteiger partial charge in [-0.15, -0.1) is 0 Å². The molecule has 0 amide bonds. The Morgan fingerprint density at radius 2 is 1.79 bits per heavy atom. The maximum Gasteiger partial charge on any atom is 0.271 e. The fourth-order valence-electron chi connectivity index (χ4n) is 2.89. The number of hydrogen-bond donors (Lipinski definition) is 0. The predicted octanol–water partition coefficient (Wildman–Crippen LogP) is 2.14. The molecule has 2 heterocycles. The molecule has 0 radical (unpaired) electrons. The van der Waals surface area contributed by atoms with Crippen molar-refractivity contribution in [1.82, 2.24) is 4.31 Å². The van der Waals surface area contributed by atoms with E-state index < -0.39 is 14.9 Å². The van der Waals surface area contributed by atoms with Crippen molar-refractivity contribution in [3.05, 3.63) is 46.5 Å². The van der Waals surface area contributed by atoms with E-state index in [9.17, 15) is 18.5 Å². The molecule has 0 spiro atoms. The molecule has 0 N–H and O–H groups in total. The van der Waals surface area contributed by atoms with Crippen molar-refractivity contribution >= 4 is 15.7 Å². The number of nitro groups is 1. The Balaban J connectivity index is 1.73. The molecule has 4 rings (SSSR count). The number of fused-ring (bicyclic) bond motifs is 1. The maximum atomic E-state index is 13.1. The van der Waals surface area contributed by atoms with Crippen LogP contribution in [0.4, 0.5) is 5.69 Å². The minimum absolute atomic E-state index is 0.0176. The lowest BCUT2D eigenvalue weighted by Gasteiger charge is -2.26. The lowest BCUT2D eigenvalue weighted by atomic mass is 10.3. The van der Waals surface area contributed by atoms with Crippen LogP contribution in [0.1, 0.15) is 0 Å². The van der Waals surface area contributed by atoms with Gasteiger partial charge < -0.3 is 18.9 Å². The quantitative estimate of drug-likeness (QED) is 0.545. The van der Waals surface area contributed by atoms with Crippen molar-refractivity contribution < 1.29 is 32.3 Å². The monoisotopic (exact) mass is 408 g/mol. The lowest BCUT2D eigenvalue weighted by molar-refractivity contribution is -0.385. The largest absolute Gasteiger partial charge is 0.456 e. The number of nitro benzene ring substituents is 1. The molecule has 2 aliphatic heterocycles. The first kappa shape index (κ1) is 18.5. The van der Waals surface area contributed by atoms with E-state index in [0.29, 0.717) is 17.2 Å². The molecule has 0 aromatic heterocycles. The van der Waals surface area contributed by atoms with E-state index in [2.05, 4.69) is 0 Å². The summed E-state index contributed by atoms with van der Waals surface area (Å²) < 4.78 is 48.9. The first-order valence-corrected chi connectivity index (χ1v) is 9.83. The van der Waals surface area contributed by atoms with Gasteiger partial charge in [0.25, 0.3) is 5.69 Å². The second-order valence-corrected chi connectivity index (χ2v) is 7.93. The Morgan fingerprint density at radius 1 is 1.04 bits per heavy atom. The van der Waals surface area contributed by atoms with Gasteiger partial charge in [-0.25, -0.2) is 8.42 Å². The van der Waals surface area contributed by atoms with Gasteiger partial charge in [0.05, 0.1) is 18.1 Å². The first-order valence-electron chi connectivity index (χ1n) is 8.39. The average Bonchev–Trinajstić information content (AvgIpc) is 3.16. The molecule has 2 aromatic rings. The summed E-state index contributed by atoms with van der Waals surface area (Å²) in [5, 5.41) is 11.2. The minimum atomic E-state index is -4.01. The minimum Gasteiger partial charge on any atom is -0.456 e. The number of benzene rings is 2. The smallest absolute Gasteiger partial charge is 0.271 e. The zero-order valence-electron chi connectivity index (χ0n) is 14.6. The summed E-state index contributed by atoms with van der Waals surface area (Å²) in [6, 6.07) is 8.28. The molecule has 1 fully saturated rings. The Bertz CT molecular complexity index is 1020. The normalized spacial score (nSPS) is 16.7. The summed E-state index contributed by atoms with van der Waals surface area (Å²) >= 11 is 0. The summed E-state index contributed by atoms with van der Waals surface area (Å²) in [6.07, 6.45) is 0. The van der Waals surface area contributed by atoms with Gasteiger partial charge in [0.15, 0.2) is 11.5 Å². The van der Waals surface area contributed by atoms with Gasteiger partial charge in [-0.05, 0) is 18.2 Å². The molecule has 2 aliphatic rings. The third kappa shape index (κ3) is 3.46. The van der Waals surface area contributed by atoms with E-state index in [1.807, 2.05) is 0 Å². The molecule has 0 saturated carbocycles. The van der Waals surface area contributed by atoms with Crippen LogP contribution in [0.2, 0.25) is 0 Å². The Hall–Kier alpha value is -2.89. The van der Waals surface area contributed by atoms with E-state index in [0.717, 1.165) is 6.07 Å². The Labute approximate surface area is 160 Å². The van der Waals surface area contributed by atoms with Crippen LogP contribution in [0.5, 0.6) is 23.0 Å². The number of non-ortho nitro benzene ring substituents is 1. The molecule has 148 valence electrons. The number of sulfonamides is 1. The van der Waals surface area contributed by atoms with Gasteiger partial charge in [-0.1, -0.05) is 0 Å². The van der Waals surface area contributed by atoms with Crippen molar-refractivity contribution in [1.29, 1.82) is 0 Å². The highest BCUT2D eigenvalue weighted by Crippen LogP contribution is 2.39. The van der Waals surface area contributed by atoms with Crippen molar-refractivity contribution in [3.63, 3.8) is 0 Å². The van der Waals surface area contributed by atoms with Crippen LogP contribution in [0.25, 0.3) is 0 Å². The molecular formula is C17H16N2O8S. The predicted molar refractivity (Wildman–Crippen MR) is 95.3 cm³/mol. The van der Waals surface area contributed by atoms with E-state index >= 15 is 0 Å². The van der Waals surface area contributed by atoms with Gasteiger partial charge in [0.1, 0.15) is 16.4 Å². The van der Waals surface area contributed by atoms with E-state index in [1.165, 1.54) is 16.4 Å². The molecule has 0 bridgehead atoms. The van der Waals surface area contributed by atoms with Gasteiger partial charge in [0, 0.05) is 31.3 Å². The molecule has 0 unspecified atom stereocenters. The van der Waals surface area contributed by atoms with E-state index in [4.69, 9.17) is 18.9 Å². The maximum absolute atomic E-state index is 13.1. The van der Waals surface area contributed by atoms with Crippen LogP contribution in [0, 0.1) is 10.1 Å². The molecule has 0 atom stereocenters. The Morgan fingerprint density at radius 3 is 2.54 bits per heavy atom. The van der Waals surface area contributed by atoms with Crippen LogP contribution in [-0.2, 0) is 14.8 Å².